The van der Waals surface area contributed by atoms with Crippen LogP contribution in [0.3, 0.4) is 0 Å². The molecule has 35 heavy (non-hydrogen) atoms. The highest BCUT2D eigenvalue weighted by Crippen LogP contribution is 2.44. The molecule has 1 aliphatic carbocycles. The average Bonchev–Trinajstić information content (AvgIpc) is 3.20. The van der Waals surface area contributed by atoms with E-state index in [4.69, 9.17) is 14.6 Å². The molecule has 2 atom stereocenters. The fourth-order valence-corrected chi connectivity index (χ4v) is 4.27. The lowest BCUT2D eigenvalue weighted by Gasteiger charge is -2.21. The molecule has 8 nitrogen and oxygen atoms in total. The van der Waals surface area contributed by atoms with Crippen LogP contribution in [0.1, 0.15) is 28.7 Å². The number of nitrogens with one attached hydrogen (secondary N) is 2. The van der Waals surface area contributed by atoms with Gasteiger partial charge in [0.25, 0.3) is 0 Å². The maximum atomic E-state index is 12.9. The number of carbonyl (C=O) groups excluding carboxylic acids is 2. The summed E-state index contributed by atoms with van der Waals surface area (Å²) in [5.41, 5.74) is 4.92. The third-order valence-corrected chi connectivity index (χ3v) is 6.02. The summed E-state index contributed by atoms with van der Waals surface area (Å²) in [6, 6.07) is 23.6. The van der Waals surface area contributed by atoms with Crippen LogP contribution >= 0.6 is 0 Å². The van der Waals surface area contributed by atoms with E-state index in [2.05, 4.69) is 22.8 Å². The van der Waals surface area contributed by atoms with Gasteiger partial charge in [-0.1, -0.05) is 78.9 Å². The van der Waals surface area contributed by atoms with Gasteiger partial charge in [-0.3, -0.25) is 4.79 Å². The van der Waals surface area contributed by atoms with Crippen molar-refractivity contribution in [2.75, 3.05) is 20.3 Å². The van der Waals surface area contributed by atoms with Gasteiger partial charge in [0.1, 0.15) is 12.6 Å². The van der Waals surface area contributed by atoms with Crippen LogP contribution in [0.5, 0.6) is 0 Å². The summed E-state index contributed by atoms with van der Waals surface area (Å²) in [6.07, 6.45) is -1.96. The number of aliphatic carboxylic acids is 1. The summed E-state index contributed by atoms with van der Waals surface area (Å²) < 4.78 is 10.4. The van der Waals surface area contributed by atoms with Gasteiger partial charge in [0.15, 0.2) is 6.10 Å². The molecule has 0 heterocycles. The van der Waals surface area contributed by atoms with E-state index in [0.717, 1.165) is 22.3 Å². The average molecular weight is 475 g/mol. The SMILES string of the molecule is COC(CNC(=O)C(NC(=O)OCC1c2ccccc2-c2ccccc21)c1ccccc1)C(=O)O. The maximum Gasteiger partial charge on any atom is 0.408 e. The van der Waals surface area contributed by atoms with Gasteiger partial charge >= 0.3 is 12.1 Å². The minimum atomic E-state index is -1.20. The highest BCUT2D eigenvalue weighted by atomic mass is 16.5. The van der Waals surface area contributed by atoms with Gasteiger partial charge in [-0.25, -0.2) is 9.59 Å². The zero-order chi connectivity index (χ0) is 24.8. The molecule has 0 aromatic heterocycles. The Morgan fingerprint density at radius 1 is 0.886 bits per heavy atom. The Morgan fingerprint density at radius 3 is 2.03 bits per heavy atom. The van der Waals surface area contributed by atoms with E-state index in [1.807, 2.05) is 36.4 Å². The number of carboxylic acid groups (broad SMARTS) is 1. The molecule has 0 aliphatic heterocycles. The van der Waals surface area contributed by atoms with Crippen LogP contribution in [0.25, 0.3) is 11.1 Å². The van der Waals surface area contributed by atoms with Crippen LogP contribution in [0, 0.1) is 0 Å². The van der Waals surface area contributed by atoms with Crippen LogP contribution < -0.4 is 10.6 Å². The lowest BCUT2D eigenvalue weighted by atomic mass is 9.98. The molecule has 2 unspecified atom stereocenters. The van der Waals surface area contributed by atoms with E-state index in [1.165, 1.54) is 7.11 Å². The van der Waals surface area contributed by atoms with E-state index >= 15 is 0 Å². The standard InChI is InChI=1S/C27H26N2O6/c1-34-23(26(31)32)15-28-25(30)24(17-9-3-2-4-10-17)29-27(33)35-16-22-20-13-7-5-11-18(20)19-12-6-8-14-21(19)22/h2-14,22-24H,15-16H2,1H3,(H,28,30)(H,29,33)(H,31,32). The topological polar surface area (TPSA) is 114 Å². The monoisotopic (exact) mass is 474 g/mol. The molecule has 0 saturated heterocycles. The van der Waals surface area contributed by atoms with Crippen LogP contribution in [-0.4, -0.2) is 49.4 Å². The number of carboxylic acids is 1. The number of methoxy groups -OCH3 is 1. The largest absolute Gasteiger partial charge is 0.479 e. The summed E-state index contributed by atoms with van der Waals surface area (Å²) in [7, 11) is 1.24. The molecule has 4 rings (SSSR count). The first-order chi connectivity index (χ1) is 17.0. The van der Waals surface area contributed by atoms with Crippen LogP contribution in [0.4, 0.5) is 4.79 Å². The number of rotatable bonds is 9. The zero-order valence-electron chi connectivity index (χ0n) is 19.1. The molecule has 1 aliphatic rings. The zero-order valence-corrected chi connectivity index (χ0v) is 19.1. The molecule has 0 bridgehead atoms. The van der Waals surface area contributed by atoms with Gasteiger partial charge in [0.2, 0.25) is 5.91 Å². The van der Waals surface area contributed by atoms with Gasteiger partial charge in [-0.2, -0.15) is 0 Å². The normalized spacial score (nSPS) is 13.7. The number of amides is 2. The molecule has 2 amide bonds. The second kappa shape index (κ2) is 10.8. The molecule has 180 valence electrons. The minimum Gasteiger partial charge on any atom is -0.479 e. The Bertz CT molecular complexity index is 1170. The summed E-state index contributed by atoms with van der Waals surface area (Å²) >= 11 is 0. The second-order valence-corrected chi connectivity index (χ2v) is 8.12. The van der Waals surface area contributed by atoms with E-state index in [0.29, 0.717) is 5.56 Å². The first-order valence-electron chi connectivity index (χ1n) is 11.2. The van der Waals surface area contributed by atoms with Crippen molar-refractivity contribution in [3.05, 3.63) is 95.6 Å². The van der Waals surface area contributed by atoms with Crippen molar-refractivity contribution in [2.24, 2.45) is 0 Å². The Balaban J connectivity index is 1.45. The van der Waals surface area contributed by atoms with Crippen molar-refractivity contribution in [3.63, 3.8) is 0 Å². The smallest absolute Gasteiger partial charge is 0.408 e. The van der Waals surface area contributed by atoms with E-state index < -0.39 is 30.1 Å². The van der Waals surface area contributed by atoms with E-state index in [-0.39, 0.29) is 19.1 Å². The van der Waals surface area contributed by atoms with Crippen LogP contribution in [0.2, 0.25) is 0 Å². The number of hydrogen-bond donors (Lipinski definition) is 3. The Hall–Kier alpha value is -4.17. The number of hydrogen-bond acceptors (Lipinski definition) is 5. The fraction of sp³-hybridized carbons (Fsp3) is 0.222. The first kappa shape index (κ1) is 24.0. The molecule has 8 heteroatoms. The molecular formula is C27H26N2O6. The Labute approximate surface area is 202 Å². The number of ether oxygens (including phenoxy) is 2. The van der Waals surface area contributed by atoms with Crippen molar-refractivity contribution in [2.45, 2.75) is 18.1 Å². The Kier molecular flexibility index (Phi) is 7.42. The minimum absolute atomic E-state index is 0.105. The number of fused-ring (bicyclic) bond motifs is 3. The summed E-state index contributed by atoms with van der Waals surface area (Å²) in [5.74, 6) is -1.89. The summed E-state index contributed by atoms with van der Waals surface area (Å²) in [4.78, 5) is 36.8. The van der Waals surface area contributed by atoms with Crippen molar-refractivity contribution >= 4 is 18.0 Å². The van der Waals surface area contributed by atoms with Gasteiger partial charge < -0.3 is 25.2 Å². The van der Waals surface area contributed by atoms with Crippen molar-refractivity contribution in [3.8, 4) is 11.1 Å². The summed E-state index contributed by atoms with van der Waals surface area (Å²) in [6.45, 7) is -0.145. The summed E-state index contributed by atoms with van der Waals surface area (Å²) in [5, 5.41) is 14.3. The van der Waals surface area contributed by atoms with E-state index in [9.17, 15) is 14.4 Å². The molecule has 0 saturated carbocycles. The predicted molar refractivity (Wildman–Crippen MR) is 129 cm³/mol. The predicted octanol–water partition coefficient (Wildman–Crippen LogP) is 3.48. The molecule has 0 fully saturated rings. The highest BCUT2D eigenvalue weighted by molar-refractivity contribution is 5.87. The quantitative estimate of drug-likeness (QED) is 0.438. The third-order valence-electron chi connectivity index (χ3n) is 6.02. The first-order valence-corrected chi connectivity index (χ1v) is 11.2. The molecule has 3 N–H and O–H groups in total. The fourth-order valence-electron chi connectivity index (χ4n) is 4.27. The third kappa shape index (κ3) is 5.33. The molecule has 0 radical (unpaired) electrons. The number of alkyl carbamates (subject to hydrolysis) is 1. The maximum absolute atomic E-state index is 12.9. The molecule has 0 spiro atoms. The van der Waals surface area contributed by atoms with Gasteiger partial charge in [-0.15, -0.1) is 0 Å². The highest BCUT2D eigenvalue weighted by Gasteiger charge is 2.30. The van der Waals surface area contributed by atoms with Crippen molar-refractivity contribution in [1.29, 1.82) is 0 Å². The van der Waals surface area contributed by atoms with Crippen LogP contribution in [0.15, 0.2) is 78.9 Å². The lowest BCUT2D eigenvalue weighted by molar-refractivity contribution is -0.148. The van der Waals surface area contributed by atoms with Gasteiger partial charge in [0.05, 0.1) is 6.54 Å². The molecule has 3 aromatic rings. The van der Waals surface area contributed by atoms with Crippen LogP contribution in [-0.2, 0) is 19.1 Å². The van der Waals surface area contributed by atoms with Gasteiger partial charge in [-0.05, 0) is 27.8 Å². The number of carbonyl (C=O) groups is 3. The van der Waals surface area contributed by atoms with Crippen molar-refractivity contribution in [1.82, 2.24) is 10.6 Å². The van der Waals surface area contributed by atoms with Crippen molar-refractivity contribution < 1.29 is 29.0 Å². The Morgan fingerprint density at radius 2 is 1.46 bits per heavy atom. The van der Waals surface area contributed by atoms with Gasteiger partial charge in [0, 0.05) is 13.0 Å². The lowest BCUT2D eigenvalue weighted by Crippen LogP contribution is -2.44. The molecule has 3 aromatic carbocycles. The number of benzene rings is 3. The second-order valence-electron chi connectivity index (χ2n) is 8.12. The van der Waals surface area contributed by atoms with E-state index in [1.54, 1.807) is 30.3 Å². The molecular weight excluding hydrogens is 448 g/mol.